The van der Waals surface area contributed by atoms with E-state index in [-0.39, 0.29) is 0 Å². The zero-order valence-electron chi connectivity index (χ0n) is 7.97. The van der Waals surface area contributed by atoms with E-state index in [1.165, 1.54) is 19.3 Å². The predicted octanol–water partition coefficient (Wildman–Crippen LogP) is 2.97. The highest BCUT2D eigenvalue weighted by atomic mass is 16.3. The molecule has 0 bridgehead atoms. The number of hydrogen-bond acceptors (Lipinski definition) is 2. The molecule has 0 saturated carbocycles. The molecule has 0 aliphatic heterocycles. The molecule has 12 heavy (non-hydrogen) atoms. The SMILES string of the molecule is CCCCCc1nc(CC)co1. The van der Waals surface area contributed by atoms with Crippen molar-refractivity contribution in [3.05, 3.63) is 17.8 Å². The maximum Gasteiger partial charge on any atom is 0.194 e. The molecule has 0 fully saturated rings. The van der Waals surface area contributed by atoms with E-state index in [0.29, 0.717) is 0 Å². The van der Waals surface area contributed by atoms with Crippen molar-refractivity contribution in [2.75, 3.05) is 0 Å². The number of aromatic nitrogens is 1. The first-order valence-corrected chi connectivity index (χ1v) is 4.80. The molecule has 68 valence electrons. The molecule has 0 N–H and O–H groups in total. The Balaban J connectivity index is 2.31. The smallest absolute Gasteiger partial charge is 0.194 e. The highest BCUT2D eigenvalue weighted by molar-refractivity contribution is 4.95. The van der Waals surface area contributed by atoms with E-state index in [4.69, 9.17) is 4.42 Å². The lowest BCUT2D eigenvalue weighted by molar-refractivity contribution is 0.482. The van der Waals surface area contributed by atoms with E-state index in [9.17, 15) is 0 Å². The molecule has 0 unspecified atom stereocenters. The fourth-order valence-electron chi connectivity index (χ4n) is 1.15. The molecule has 0 aliphatic carbocycles. The van der Waals surface area contributed by atoms with Gasteiger partial charge >= 0.3 is 0 Å². The summed E-state index contributed by atoms with van der Waals surface area (Å²) in [5.74, 6) is 0.903. The molecule has 1 heterocycles. The van der Waals surface area contributed by atoms with Gasteiger partial charge in [-0.3, -0.25) is 0 Å². The van der Waals surface area contributed by atoms with Gasteiger partial charge < -0.3 is 4.42 Å². The third-order valence-corrected chi connectivity index (χ3v) is 1.96. The van der Waals surface area contributed by atoms with E-state index in [0.717, 1.165) is 24.4 Å². The largest absolute Gasteiger partial charge is 0.449 e. The standard InChI is InChI=1S/C10H17NO/c1-3-5-6-7-10-11-9(4-2)8-12-10/h8H,3-7H2,1-2H3. The monoisotopic (exact) mass is 167 g/mol. The molecule has 0 saturated heterocycles. The number of nitrogens with zero attached hydrogens (tertiary/aromatic N) is 1. The number of aryl methyl sites for hydroxylation is 2. The van der Waals surface area contributed by atoms with Gasteiger partial charge in [0, 0.05) is 6.42 Å². The Bertz CT molecular complexity index is 217. The maximum atomic E-state index is 5.29. The van der Waals surface area contributed by atoms with Crippen LogP contribution < -0.4 is 0 Å². The van der Waals surface area contributed by atoms with Crippen LogP contribution in [0, 0.1) is 0 Å². The lowest BCUT2D eigenvalue weighted by Gasteiger charge is -1.92. The van der Waals surface area contributed by atoms with Crippen molar-refractivity contribution in [3.8, 4) is 0 Å². The van der Waals surface area contributed by atoms with Crippen LogP contribution >= 0.6 is 0 Å². The second-order valence-electron chi connectivity index (χ2n) is 3.04. The van der Waals surface area contributed by atoms with E-state index >= 15 is 0 Å². The van der Waals surface area contributed by atoms with Crippen LogP contribution in [-0.2, 0) is 12.8 Å². The average molecular weight is 167 g/mol. The van der Waals surface area contributed by atoms with Crippen LogP contribution in [0.2, 0.25) is 0 Å². The highest BCUT2D eigenvalue weighted by Gasteiger charge is 2.00. The summed E-state index contributed by atoms with van der Waals surface area (Å²) in [7, 11) is 0. The summed E-state index contributed by atoms with van der Waals surface area (Å²) in [5.41, 5.74) is 1.07. The summed E-state index contributed by atoms with van der Waals surface area (Å²) in [5, 5.41) is 0. The normalized spacial score (nSPS) is 10.5. The van der Waals surface area contributed by atoms with E-state index in [2.05, 4.69) is 18.8 Å². The van der Waals surface area contributed by atoms with E-state index in [1.807, 2.05) is 0 Å². The molecule has 0 radical (unpaired) electrons. The van der Waals surface area contributed by atoms with Crippen molar-refractivity contribution in [1.82, 2.24) is 4.98 Å². The third-order valence-electron chi connectivity index (χ3n) is 1.96. The fourth-order valence-corrected chi connectivity index (χ4v) is 1.15. The first-order chi connectivity index (χ1) is 5.86. The molecule has 1 rings (SSSR count). The Hall–Kier alpha value is -0.790. The quantitative estimate of drug-likeness (QED) is 0.630. The van der Waals surface area contributed by atoms with Gasteiger partial charge in [0.2, 0.25) is 0 Å². The number of rotatable bonds is 5. The number of hydrogen-bond donors (Lipinski definition) is 0. The lowest BCUT2D eigenvalue weighted by atomic mass is 10.2. The van der Waals surface area contributed by atoms with Gasteiger partial charge in [-0.15, -0.1) is 0 Å². The summed E-state index contributed by atoms with van der Waals surface area (Å²) in [4.78, 5) is 4.33. The summed E-state index contributed by atoms with van der Waals surface area (Å²) >= 11 is 0. The summed E-state index contributed by atoms with van der Waals surface area (Å²) in [6, 6.07) is 0. The number of unbranched alkanes of at least 4 members (excludes halogenated alkanes) is 2. The summed E-state index contributed by atoms with van der Waals surface area (Å²) in [6.07, 6.45) is 7.44. The topological polar surface area (TPSA) is 26.0 Å². The molecule has 2 nitrogen and oxygen atoms in total. The fraction of sp³-hybridized carbons (Fsp3) is 0.700. The Morgan fingerprint density at radius 3 is 2.75 bits per heavy atom. The molecule has 2 heteroatoms. The Kier molecular flexibility index (Phi) is 3.85. The zero-order chi connectivity index (χ0) is 8.81. The molecule has 0 spiro atoms. The van der Waals surface area contributed by atoms with Gasteiger partial charge in [0.25, 0.3) is 0 Å². The van der Waals surface area contributed by atoms with Crippen molar-refractivity contribution >= 4 is 0 Å². The second kappa shape index (κ2) is 4.96. The van der Waals surface area contributed by atoms with Crippen LogP contribution in [0.15, 0.2) is 10.7 Å². The highest BCUT2D eigenvalue weighted by Crippen LogP contribution is 2.07. The van der Waals surface area contributed by atoms with Crippen molar-refractivity contribution in [3.63, 3.8) is 0 Å². The minimum atomic E-state index is 0.903. The molecule has 0 amide bonds. The van der Waals surface area contributed by atoms with Crippen molar-refractivity contribution in [1.29, 1.82) is 0 Å². The van der Waals surface area contributed by atoms with Crippen LogP contribution in [0.1, 0.15) is 44.7 Å². The minimum absolute atomic E-state index is 0.903. The van der Waals surface area contributed by atoms with Crippen LogP contribution in [0.3, 0.4) is 0 Å². The summed E-state index contributed by atoms with van der Waals surface area (Å²) in [6.45, 7) is 4.29. The zero-order valence-corrected chi connectivity index (χ0v) is 7.97. The Labute approximate surface area is 74.0 Å². The first kappa shape index (κ1) is 9.30. The second-order valence-corrected chi connectivity index (χ2v) is 3.04. The van der Waals surface area contributed by atoms with Gasteiger partial charge in [0.05, 0.1) is 5.69 Å². The third kappa shape index (κ3) is 2.68. The van der Waals surface area contributed by atoms with Crippen molar-refractivity contribution in [2.45, 2.75) is 46.0 Å². The van der Waals surface area contributed by atoms with Gasteiger partial charge in [-0.25, -0.2) is 4.98 Å². The predicted molar refractivity (Wildman–Crippen MR) is 49.1 cm³/mol. The Morgan fingerprint density at radius 2 is 2.17 bits per heavy atom. The van der Waals surface area contributed by atoms with Gasteiger partial charge in [0.15, 0.2) is 5.89 Å². The molecule has 0 atom stereocenters. The van der Waals surface area contributed by atoms with Crippen molar-refractivity contribution < 1.29 is 4.42 Å². The van der Waals surface area contributed by atoms with Gasteiger partial charge in [-0.2, -0.15) is 0 Å². The maximum absolute atomic E-state index is 5.29. The van der Waals surface area contributed by atoms with Gasteiger partial charge in [0.1, 0.15) is 6.26 Å². The Morgan fingerprint density at radius 1 is 1.33 bits per heavy atom. The van der Waals surface area contributed by atoms with Crippen LogP contribution in [-0.4, -0.2) is 4.98 Å². The molecular weight excluding hydrogens is 150 g/mol. The van der Waals surface area contributed by atoms with Gasteiger partial charge in [-0.1, -0.05) is 26.7 Å². The number of oxazole rings is 1. The van der Waals surface area contributed by atoms with Crippen LogP contribution in [0.5, 0.6) is 0 Å². The van der Waals surface area contributed by atoms with Crippen LogP contribution in [0.25, 0.3) is 0 Å². The van der Waals surface area contributed by atoms with Crippen LogP contribution in [0.4, 0.5) is 0 Å². The minimum Gasteiger partial charge on any atom is -0.449 e. The molecule has 0 aromatic carbocycles. The van der Waals surface area contributed by atoms with E-state index in [1.54, 1.807) is 6.26 Å². The van der Waals surface area contributed by atoms with Crippen molar-refractivity contribution in [2.24, 2.45) is 0 Å². The first-order valence-electron chi connectivity index (χ1n) is 4.80. The average Bonchev–Trinajstić information content (AvgIpc) is 2.53. The molecule has 0 aliphatic rings. The molecule has 1 aromatic heterocycles. The summed E-state index contributed by atoms with van der Waals surface area (Å²) < 4.78 is 5.29. The molecular formula is C10H17NO. The molecule has 1 aromatic rings. The van der Waals surface area contributed by atoms with E-state index < -0.39 is 0 Å². The van der Waals surface area contributed by atoms with Gasteiger partial charge in [-0.05, 0) is 12.8 Å². The lowest BCUT2D eigenvalue weighted by Crippen LogP contribution is -1.86.